The van der Waals surface area contributed by atoms with Crippen LogP contribution in [0.1, 0.15) is 18.4 Å². The van der Waals surface area contributed by atoms with Crippen molar-refractivity contribution in [3.63, 3.8) is 0 Å². The van der Waals surface area contributed by atoms with Crippen LogP contribution in [0.3, 0.4) is 0 Å². The van der Waals surface area contributed by atoms with E-state index in [0.29, 0.717) is 0 Å². The van der Waals surface area contributed by atoms with Gasteiger partial charge in [0.1, 0.15) is 17.8 Å². The monoisotopic (exact) mass is 611 g/mol. The van der Waals surface area contributed by atoms with Crippen molar-refractivity contribution in [1.82, 2.24) is 5.32 Å². The standard InChI is InChI=1S/C24H20Cl4F3N3O4/c25-10-3-11(26)5-13(4-10)34(8-9-1-2-9)20(35)16-17(21(36)37)23(33-19(16)24(29,30)31)14-6-12(27)7-15(28)18(14)32-22(23)38/h3-7,9,16-17,19,22,32-33,38H,1-2,8H2,(H,36,37)/t16-,17-,19+,22?,23?/m1/s1. The van der Waals surface area contributed by atoms with E-state index < -0.39 is 47.7 Å². The lowest BCUT2D eigenvalue weighted by Crippen LogP contribution is -2.55. The molecule has 1 aliphatic carbocycles. The Hall–Kier alpha value is -1.95. The van der Waals surface area contributed by atoms with Crippen LogP contribution in [0, 0.1) is 17.8 Å². The second kappa shape index (κ2) is 9.60. The number of amides is 1. The summed E-state index contributed by atoms with van der Waals surface area (Å²) >= 11 is 24.6. The van der Waals surface area contributed by atoms with Gasteiger partial charge in [0.05, 0.1) is 22.5 Å². The number of benzene rings is 2. The first kappa shape index (κ1) is 27.6. The van der Waals surface area contributed by atoms with Crippen LogP contribution in [-0.2, 0) is 15.1 Å². The number of fused-ring (bicyclic) bond motifs is 2. The Labute approximate surface area is 234 Å². The number of nitrogens with one attached hydrogen (secondary N) is 2. The van der Waals surface area contributed by atoms with Crippen LogP contribution < -0.4 is 15.5 Å². The normalized spacial score (nSPS) is 28.3. The highest BCUT2D eigenvalue weighted by atomic mass is 35.5. The van der Waals surface area contributed by atoms with Crippen molar-refractivity contribution in [2.45, 2.75) is 36.8 Å². The highest BCUT2D eigenvalue weighted by Gasteiger charge is 2.71. The Morgan fingerprint density at radius 3 is 2.18 bits per heavy atom. The van der Waals surface area contributed by atoms with Crippen LogP contribution in [0.25, 0.3) is 0 Å². The summed E-state index contributed by atoms with van der Waals surface area (Å²) in [7, 11) is 0. The van der Waals surface area contributed by atoms with Gasteiger partial charge in [0.2, 0.25) is 5.91 Å². The lowest BCUT2D eigenvalue weighted by molar-refractivity contribution is -0.169. The van der Waals surface area contributed by atoms with Crippen LogP contribution in [0.4, 0.5) is 24.5 Å². The van der Waals surface area contributed by atoms with E-state index in [4.69, 9.17) is 46.4 Å². The minimum atomic E-state index is -5.07. The molecule has 1 amide bonds. The number of nitrogens with zero attached hydrogens (tertiary/aromatic N) is 1. The zero-order valence-electron chi connectivity index (χ0n) is 19.2. The second-order valence-corrected chi connectivity index (χ2v) is 11.5. The van der Waals surface area contributed by atoms with Gasteiger partial charge in [-0.1, -0.05) is 46.4 Å². The predicted octanol–water partition coefficient (Wildman–Crippen LogP) is 5.53. The van der Waals surface area contributed by atoms with Crippen LogP contribution in [0.2, 0.25) is 20.1 Å². The molecule has 2 fully saturated rings. The average Bonchev–Trinajstić information content (AvgIpc) is 3.47. The zero-order valence-corrected chi connectivity index (χ0v) is 22.2. The fourth-order valence-electron chi connectivity index (χ4n) is 5.53. The Balaban J connectivity index is 1.69. The first-order valence-corrected chi connectivity index (χ1v) is 13.0. The fourth-order valence-corrected chi connectivity index (χ4v) is 6.59. The van der Waals surface area contributed by atoms with Gasteiger partial charge in [-0.15, -0.1) is 0 Å². The zero-order chi connectivity index (χ0) is 27.7. The molecule has 0 aromatic heterocycles. The van der Waals surface area contributed by atoms with Gasteiger partial charge >= 0.3 is 12.1 Å². The number of anilines is 2. The molecule has 38 heavy (non-hydrogen) atoms. The molecule has 3 aliphatic rings. The quantitative estimate of drug-likeness (QED) is 0.354. The SMILES string of the molecule is O=C(O)[C@H]1[C@@H](C(=O)N(CC2CC2)c2cc(Cl)cc(Cl)c2)[C@@H](C(F)(F)F)NC12c1cc(Cl)cc(Cl)c1NC2O. The molecule has 2 aromatic carbocycles. The first-order chi connectivity index (χ1) is 17.7. The van der Waals surface area contributed by atoms with Gasteiger partial charge in [-0.25, -0.2) is 0 Å². The van der Waals surface area contributed by atoms with Gasteiger partial charge in [0.15, 0.2) is 0 Å². The van der Waals surface area contributed by atoms with E-state index in [-0.39, 0.29) is 49.5 Å². The van der Waals surface area contributed by atoms with E-state index in [9.17, 15) is 33.0 Å². The number of aliphatic hydroxyl groups is 1. The van der Waals surface area contributed by atoms with Gasteiger partial charge in [0, 0.05) is 32.9 Å². The second-order valence-electron chi connectivity index (χ2n) is 9.75. The van der Waals surface area contributed by atoms with Crippen molar-refractivity contribution in [2.75, 3.05) is 16.8 Å². The maximum Gasteiger partial charge on any atom is 0.404 e. The lowest BCUT2D eigenvalue weighted by atomic mass is 9.74. The molecule has 1 spiro atoms. The third-order valence-electron chi connectivity index (χ3n) is 7.28. The van der Waals surface area contributed by atoms with Crippen molar-refractivity contribution >= 4 is 69.7 Å². The summed E-state index contributed by atoms with van der Waals surface area (Å²) in [6.45, 7) is 0.0466. The van der Waals surface area contributed by atoms with E-state index in [1.165, 1.54) is 30.3 Å². The minimum Gasteiger partial charge on any atom is -0.481 e. The molecule has 7 nitrogen and oxygen atoms in total. The first-order valence-electron chi connectivity index (χ1n) is 11.5. The predicted molar refractivity (Wildman–Crippen MR) is 137 cm³/mol. The van der Waals surface area contributed by atoms with E-state index in [1.54, 1.807) is 0 Å². The largest absolute Gasteiger partial charge is 0.481 e. The molecular formula is C24H20Cl4F3N3O4. The third kappa shape index (κ3) is 4.59. The maximum absolute atomic E-state index is 14.6. The van der Waals surface area contributed by atoms with Crippen molar-refractivity contribution in [3.8, 4) is 0 Å². The summed E-state index contributed by atoms with van der Waals surface area (Å²) in [5.74, 6) is -7.05. The van der Waals surface area contributed by atoms with Gasteiger partial charge in [-0.05, 0) is 49.1 Å². The molecule has 2 aromatic rings. The number of hydrogen-bond acceptors (Lipinski definition) is 5. The van der Waals surface area contributed by atoms with Crippen molar-refractivity contribution < 1.29 is 33.0 Å². The molecular weight excluding hydrogens is 593 g/mol. The molecule has 0 bridgehead atoms. The number of aliphatic hydroxyl groups excluding tert-OH is 1. The van der Waals surface area contributed by atoms with Crippen LogP contribution in [0.15, 0.2) is 30.3 Å². The molecule has 0 radical (unpaired) electrons. The van der Waals surface area contributed by atoms with E-state index >= 15 is 0 Å². The van der Waals surface area contributed by atoms with Crippen molar-refractivity contribution in [2.24, 2.45) is 17.8 Å². The topological polar surface area (TPSA) is 102 Å². The van der Waals surface area contributed by atoms with Gasteiger partial charge in [-0.3, -0.25) is 14.9 Å². The summed E-state index contributed by atoms with van der Waals surface area (Å²) in [5, 5.41) is 26.5. The molecule has 1 saturated heterocycles. The summed E-state index contributed by atoms with van der Waals surface area (Å²) in [6.07, 6.45) is -5.44. The fraction of sp³-hybridized carbons (Fsp3) is 0.417. The van der Waals surface area contributed by atoms with Gasteiger partial charge < -0.3 is 20.4 Å². The van der Waals surface area contributed by atoms with E-state index in [2.05, 4.69) is 10.6 Å². The molecule has 14 heteroatoms. The van der Waals surface area contributed by atoms with Crippen LogP contribution >= 0.6 is 46.4 Å². The number of halogens is 7. The smallest absolute Gasteiger partial charge is 0.404 e. The van der Waals surface area contributed by atoms with Crippen LogP contribution in [0.5, 0.6) is 0 Å². The Morgan fingerprint density at radius 1 is 1.03 bits per heavy atom. The number of alkyl halides is 3. The lowest BCUT2D eigenvalue weighted by Gasteiger charge is -2.34. The average molecular weight is 613 g/mol. The number of hydrogen-bond donors (Lipinski definition) is 4. The maximum atomic E-state index is 14.6. The van der Waals surface area contributed by atoms with Gasteiger partial charge in [0.25, 0.3) is 0 Å². The Kier molecular flexibility index (Phi) is 6.98. The highest BCUT2D eigenvalue weighted by Crippen LogP contribution is 2.56. The molecule has 2 heterocycles. The number of rotatable bonds is 5. The summed E-state index contributed by atoms with van der Waals surface area (Å²) in [5.41, 5.74) is -2.21. The number of carboxylic acids is 1. The van der Waals surface area contributed by atoms with Crippen molar-refractivity contribution in [3.05, 3.63) is 56.0 Å². The number of carbonyl (C=O) groups is 2. The summed E-state index contributed by atoms with van der Waals surface area (Å²) in [6, 6.07) is 4.06. The Morgan fingerprint density at radius 2 is 1.63 bits per heavy atom. The van der Waals surface area contributed by atoms with E-state index in [1.807, 2.05) is 0 Å². The highest BCUT2D eigenvalue weighted by molar-refractivity contribution is 6.37. The molecule has 4 N–H and O–H groups in total. The molecule has 5 rings (SSSR count). The molecule has 2 unspecified atom stereocenters. The number of carbonyl (C=O) groups excluding carboxylic acids is 1. The minimum absolute atomic E-state index is 0.0113. The number of carboxylic acid groups (broad SMARTS) is 1. The molecule has 5 atom stereocenters. The Bertz CT molecular complexity index is 1310. The van der Waals surface area contributed by atoms with Crippen LogP contribution in [-0.4, -0.2) is 47.1 Å². The van der Waals surface area contributed by atoms with E-state index in [0.717, 1.165) is 17.7 Å². The molecule has 204 valence electrons. The summed E-state index contributed by atoms with van der Waals surface area (Å²) in [4.78, 5) is 27.9. The van der Waals surface area contributed by atoms with Crippen molar-refractivity contribution in [1.29, 1.82) is 0 Å². The summed E-state index contributed by atoms with van der Waals surface area (Å²) < 4.78 is 43.7. The number of aliphatic carboxylic acids is 1. The molecule has 1 saturated carbocycles. The van der Waals surface area contributed by atoms with Gasteiger partial charge in [-0.2, -0.15) is 13.2 Å². The molecule has 2 aliphatic heterocycles. The third-order valence-corrected chi connectivity index (χ3v) is 8.24.